The molecular weight excluding hydrogens is 346 g/mol. The Kier molecular flexibility index (Phi) is 4.63. The van der Waals surface area contributed by atoms with Crippen LogP contribution in [-0.2, 0) is 16.4 Å². The van der Waals surface area contributed by atoms with E-state index < -0.39 is 23.1 Å². The molecule has 6 nitrogen and oxygen atoms in total. The van der Waals surface area contributed by atoms with Crippen LogP contribution >= 0.6 is 0 Å². The van der Waals surface area contributed by atoms with Crippen LogP contribution in [0.5, 0.6) is 0 Å². The molecule has 0 aliphatic carbocycles. The molecule has 9 heteroatoms. The monoisotopic (exact) mass is 362 g/mol. The Morgan fingerprint density at radius 3 is 2.48 bits per heavy atom. The van der Waals surface area contributed by atoms with Gasteiger partial charge in [-0.15, -0.1) is 0 Å². The molecular formula is C16H16BFN2O4S. The molecule has 1 aromatic heterocycles. The van der Waals surface area contributed by atoms with Crippen LogP contribution in [0.3, 0.4) is 0 Å². The number of alkyl halides is 1. The zero-order chi connectivity index (χ0) is 18.2. The van der Waals surface area contributed by atoms with Crippen molar-refractivity contribution in [2.75, 3.05) is 6.26 Å². The highest BCUT2D eigenvalue weighted by molar-refractivity contribution is 7.90. The average Bonchev–Trinajstić information content (AvgIpc) is 2.96. The van der Waals surface area contributed by atoms with Gasteiger partial charge in [0.25, 0.3) is 0 Å². The van der Waals surface area contributed by atoms with Crippen LogP contribution in [0.2, 0.25) is 0 Å². The summed E-state index contributed by atoms with van der Waals surface area (Å²) in [5.41, 5.74) is 1.18. The van der Waals surface area contributed by atoms with Crippen molar-refractivity contribution in [3.8, 4) is 0 Å². The number of hydrogen-bond acceptors (Lipinski definition) is 5. The quantitative estimate of drug-likeness (QED) is 0.656. The summed E-state index contributed by atoms with van der Waals surface area (Å²) in [5, 5.41) is 23.5. The lowest BCUT2D eigenvalue weighted by atomic mass is 9.78. The van der Waals surface area contributed by atoms with Crippen molar-refractivity contribution in [1.29, 1.82) is 0 Å². The average molecular weight is 362 g/mol. The summed E-state index contributed by atoms with van der Waals surface area (Å²) < 4.78 is 38.8. The standard InChI is InChI=1S/C16H16BFN2O4S/c1-25(23,24)12-7-5-11(6-8-12)15(18)10-20-9-13-14(17(21)22)3-2-4-16(13)19-20/h2-9,15,21-22H,10H2,1H3. The Bertz CT molecular complexity index is 1000. The number of halogens is 1. The number of benzene rings is 2. The number of fused-ring (bicyclic) bond motifs is 1. The van der Waals surface area contributed by atoms with Crippen molar-refractivity contribution >= 4 is 33.3 Å². The first kappa shape index (κ1) is 17.6. The van der Waals surface area contributed by atoms with Crippen molar-refractivity contribution in [3.63, 3.8) is 0 Å². The van der Waals surface area contributed by atoms with Crippen LogP contribution < -0.4 is 5.46 Å². The van der Waals surface area contributed by atoms with Crippen molar-refractivity contribution in [2.24, 2.45) is 0 Å². The first-order chi connectivity index (χ1) is 11.8. The maximum atomic E-state index is 14.5. The van der Waals surface area contributed by atoms with Gasteiger partial charge in [-0.1, -0.05) is 24.3 Å². The molecule has 0 amide bonds. The second kappa shape index (κ2) is 6.59. The van der Waals surface area contributed by atoms with E-state index in [1.807, 2.05) is 0 Å². The van der Waals surface area contributed by atoms with E-state index in [1.165, 1.54) is 28.9 Å². The zero-order valence-corrected chi connectivity index (χ0v) is 14.2. The lowest BCUT2D eigenvalue weighted by Crippen LogP contribution is -2.30. The molecule has 0 radical (unpaired) electrons. The van der Waals surface area contributed by atoms with E-state index in [0.29, 0.717) is 21.9 Å². The van der Waals surface area contributed by atoms with Gasteiger partial charge in [0.2, 0.25) is 0 Å². The first-order valence-electron chi connectivity index (χ1n) is 7.52. The summed E-state index contributed by atoms with van der Waals surface area (Å²) in [7, 11) is -4.96. The summed E-state index contributed by atoms with van der Waals surface area (Å²) >= 11 is 0. The fourth-order valence-corrected chi connectivity index (χ4v) is 3.26. The molecule has 1 atom stereocenters. The smallest absolute Gasteiger partial charge is 0.423 e. The first-order valence-corrected chi connectivity index (χ1v) is 9.41. The summed E-state index contributed by atoms with van der Waals surface area (Å²) in [6.45, 7) is -0.0755. The van der Waals surface area contributed by atoms with Crippen LogP contribution in [-0.4, -0.2) is 41.6 Å². The van der Waals surface area contributed by atoms with Gasteiger partial charge in [0.1, 0.15) is 6.17 Å². The number of rotatable bonds is 5. The molecule has 3 rings (SSSR count). The van der Waals surface area contributed by atoms with E-state index >= 15 is 0 Å². The van der Waals surface area contributed by atoms with Crippen LogP contribution in [0.15, 0.2) is 53.6 Å². The highest BCUT2D eigenvalue weighted by Gasteiger charge is 2.18. The molecule has 2 N–H and O–H groups in total. The fourth-order valence-electron chi connectivity index (χ4n) is 2.63. The number of sulfone groups is 1. The van der Waals surface area contributed by atoms with Crippen molar-refractivity contribution in [2.45, 2.75) is 17.6 Å². The minimum Gasteiger partial charge on any atom is -0.423 e. The predicted octanol–water partition coefficient (Wildman–Crippen LogP) is 0.830. The summed E-state index contributed by atoms with van der Waals surface area (Å²) in [6, 6.07) is 10.5. The van der Waals surface area contributed by atoms with Gasteiger partial charge in [-0.3, -0.25) is 4.68 Å². The van der Waals surface area contributed by atoms with Crippen molar-refractivity contribution in [1.82, 2.24) is 9.78 Å². The van der Waals surface area contributed by atoms with Gasteiger partial charge in [-0.05, 0) is 29.2 Å². The van der Waals surface area contributed by atoms with Gasteiger partial charge in [0.05, 0.1) is 17.0 Å². The lowest BCUT2D eigenvalue weighted by Gasteiger charge is -2.09. The molecule has 1 heterocycles. The lowest BCUT2D eigenvalue weighted by molar-refractivity contribution is 0.293. The summed E-state index contributed by atoms with van der Waals surface area (Å²) in [6.07, 6.45) is 1.27. The third-order valence-electron chi connectivity index (χ3n) is 3.93. The van der Waals surface area contributed by atoms with Crippen molar-refractivity contribution in [3.05, 3.63) is 54.2 Å². The van der Waals surface area contributed by atoms with E-state index in [1.54, 1.807) is 24.4 Å². The minimum atomic E-state index is -3.32. The molecule has 3 aromatic rings. The second-order valence-corrected chi connectivity index (χ2v) is 7.83. The van der Waals surface area contributed by atoms with Gasteiger partial charge in [0.15, 0.2) is 9.84 Å². The number of hydrogen-bond donors (Lipinski definition) is 2. The molecule has 0 saturated carbocycles. The predicted molar refractivity (Wildman–Crippen MR) is 93.0 cm³/mol. The van der Waals surface area contributed by atoms with Crippen LogP contribution in [0.4, 0.5) is 4.39 Å². The topological polar surface area (TPSA) is 92.4 Å². The van der Waals surface area contributed by atoms with Gasteiger partial charge in [0, 0.05) is 17.8 Å². The largest absolute Gasteiger partial charge is 0.489 e. The maximum Gasteiger partial charge on any atom is 0.489 e. The van der Waals surface area contributed by atoms with Crippen LogP contribution in [0.25, 0.3) is 10.9 Å². The third kappa shape index (κ3) is 3.73. The summed E-state index contributed by atoms with van der Waals surface area (Å²) in [4.78, 5) is 0.134. The van der Waals surface area contributed by atoms with Crippen LogP contribution in [0.1, 0.15) is 11.7 Å². The molecule has 0 spiro atoms. The Hall–Kier alpha value is -2.23. The molecule has 1 unspecified atom stereocenters. The maximum absolute atomic E-state index is 14.5. The molecule has 0 aliphatic rings. The fraction of sp³-hybridized carbons (Fsp3) is 0.188. The molecule has 0 bridgehead atoms. The highest BCUT2D eigenvalue weighted by atomic mass is 32.2. The van der Waals surface area contributed by atoms with Gasteiger partial charge < -0.3 is 10.0 Å². The molecule has 25 heavy (non-hydrogen) atoms. The molecule has 0 aliphatic heterocycles. The van der Waals surface area contributed by atoms with E-state index in [0.717, 1.165) is 6.26 Å². The molecule has 130 valence electrons. The summed E-state index contributed by atoms with van der Waals surface area (Å²) in [5.74, 6) is 0. The second-order valence-electron chi connectivity index (χ2n) is 5.81. The number of nitrogens with zero attached hydrogens (tertiary/aromatic N) is 2. The Morgan fingerprint density at radius 1 is 1.20 bits per heavy atom. The van der Waals surface area contributed by atoms with Gasteiger partial charge >= 0.3 is 7.12 Å². The molecule has 0 saturated heterocycles. The molecule has 0 fully saturated rings. The Labute approximate surface area is 144 Å². The van der Waals surface area contributed by atoms with Gasteiger partial charge in [-0.25, -0.2) is 12.8 Å². The van der Waals surface area contributed by atoms with Crippen molar-refractivity contribution < 1.29 is 22.9 Å². The third-order valence-corrected chi connectivity index (χ3v) is 5.06. The zero-order valence-electron chi connectivity index (χ0n) is 13.4. The molecule has 2 aromatic carbocycles. The Balaban J connectivity index is 1.84. The SMILES string of the molecule is CS(=O)(=O)c1ccc(C(F)Cn2cc3c(B(O)O)cccc3n2)cc1. The minimum absolute atomic E-state index is 0.0755. The number of aromatic nitrogens is 2. The van der Waals surface area contributed by atoms with Crippen LogP contribution in [0, 0.1) is 0 Å². The van der Waals surface area contributed by atoms with E-state index in [9.17, 15) is 22.9 Å². The highest BCUT2D eigenvalue weighted by Crippen LogP contribution is 2.22. The van der Waals surface area contributed by atoms with E-state index in [2.05, 4.69) is 5.10 Å². The Morgan fingerprint density at radius 2 is 1.88 bits per heavy atom. The normalized spacial score (nSPS) is 13.1. The van der Waals surface area contributed by atoms with E-state index in [4.69, 9.17) is 0 Å². The van der Waals surface area contributed by atoms with E-state index in [-0.39, 0.29) is 11.4 Å². The van der Waals surface area contributed by atoms with Gasteiger partial charge in [-0.2, -0.15) is 5.10 Å².